The van der Waals surface area contributed by atoms with Gasteiger partial charge in [0.2, 0.25) is 0 Å². The van der Waals surface area contributed by atoms with Gasteiger partial charge in [0, 0.05) is 47.8 Å². The van der Waals surface area contributed by atoms with Crippen LogP contribution in [0.4, 0.5) is 44.3 Å². The van der Waals surface area contributed by atoms with E-state index in [1.54, 1.807) is 34.0 Å². The first-order valence-corrected chi connectivity index (χ1v) is 18.6. The minimum Gasteiger partial charge on any atom is -0.507 e. The van der Waals surface area contributed by atoms with Crippen LogP contribution in [0.3, 0.4) is 0 Å². The zero-order valence-corrected chi connectivity index (χ0v) is 35.0. The van der Waals surface area contributed by atoms with Gasteiger partial charge in [0.1, 0.15) is 11.5 Å². The van der Waals surface area contributed by atoms with E-state index in [1.165, 1.54) is 23.9 Å². The second-order valence-corrected chi connectivity index (χ2v) is 18.5. The highest BCUT2D eigenvalue weighted by Gasteiger charge is 2.87. The molecule has 1 N–H and O–H groups in total. The molecule has 2 aromatic rings. The summed E-state index contributed by atoms with van der Waals surface area (Å²) in [6.07, 6.45) is -16.8. The second kappa shape index (κ2) is 17.2. The van der Waals surface area contributed by atoms with Gasteiger partial charge in [0.05, 0.1) is 0 Å². The van der Waals surface area contributed by atoms with Crippen LogP contribution < -0.4 is 4.74 Å². The molecular formula is C42H57F9N2O4. The highest BCUT2D eigenvalue weighted by molar-refractivity contribution is 5.87. The summed E-state index contributed by atoms with van der Waals surface area (Å²) in [4.78, 5) is 20.9. The van der Waals surface area contributed by atoms with Crippen molar-refractivity contribution in [3.63, 3.8) is 0 Å². The Kier molecular flexibility index (Phi) is 14.9. The number of carbonyl (C=O) groups is 1. The molecule has 1 saturated carbocycles. The summed E-state index contributed by atoms with van der Waals surface area (Å²) < 4.78 is 128. The number of aliphatic imine (C=N–C) groups is 2. The number of halogens is 9. The fourth-order valence-electron chi connectivity index (χ4n) is 6.05. The largest absolute Gasteiger partial charge is 0.515 e. The standard InChI is InChI=1S/C26H32F9NO3.C16H25NO/c1-21(2,3)16-12-15(14-36-17-10-8-7-9-11-17)19(18(13-16)22(4,5)6)38-20(37)39-23(24(27,28)29,25(30,31)32)26(33,34)35;1-15(2,3)12-8-11(10-17-7)14(18)13(9-12)16(4,5)6/h12-14,17H,7-11H2,1-6H3;8-10,18H,1-7H3. The lowest BCUT2D eigenvalue weighted by Crippen LogP contribution is -2.68. The Hall–Kier alpha value is -3.78. The number of phenols is 1. The minimum atomic E-state index is -7.09. The average molecular weight is 825 g/mol. The SMILES string of the molecule is CC(C)(C)c1cc(C=NC2CCCCC2)c(OC(=O)OC(C(F)(F)F)(C(F)(F)F)C(F)(F)F)c(C(C)(C)C)c1.CN=Cc1cc(C(C)(C)C)cc(C(C)(C)C)c1O. The molecule has 0 spiro atoms. The van der Waals surface area contributed by atoms with Crippen molar-refractivity contribution in [2.75, 3.05) is 7.05 Å². The van der Waals surface area contributed by atoms with Gasteiger partial charge >= 0.3 is 30.3 Å². The second-order valence-electron chi connectivity index (χ2n) is 18.5. The number of hydrogen-bond acceptors (Lipinski definition) is 6. The number of ether oxygens (including phenoxy) is 2. The third-order valence-corrected chi connectivity index (χ3v) is 9.49. The summed E-state index contributed by atoms with van der Waals surface area (Å²) in [6.45, 7) is 23.3. The van der Waals surface area contributed by atoms with Crippen LogP contribution >= 0.6 is 0 Å². The van der Waals surface area contributed by atoms with E-state index >= 15 is 0 Å². The van der Waals surface area contributed by atoms with Crippen LogP contribution in [0.15, 0.2) is 34.3 Å². The van der Waals surface area contributed by atoms with Crippen molar-refractivity contribution in [3.05, 3.63) is 57.6 Å². The molecule has 0 bridgehead atoms. The minimum absolute atomic E-state index is 0.00602. The first-order chi connectivity index (χ1) is 25.5. The van der Waals surface area contributed by atoms with Crippen LogP contribution in [0, 0.1) is 0 Å². The maximum atomic E-state index is 13.3. The Morgan fingerprint density at radius 3 is 1.44 bits per heavy atom. The lowest BCUT2D eigenvalue weighted by molar-refractivity contribution is -0.445. The quantitative estimate of drug-likeness (QED) is 0.141. The predicted molar refractivity (Wildman–Crippen MR) is 205 cm³/mol. The summed E-state index contributed by atoms with van der Waals surface area (Å²) in [7, 11) is 1.72. The van der Waals surface area contributed by atoms with E-state index in [-0.39, 0.29) is 28.0 Å². The number of hydrogen-bond donors (Lipinski definition) is 1. The molecule has 0 radical (unpaired) electrons. The Morgan fingerprint density at radius 2 is 1.05 bits per heavy atom. The summed E-state index contributed by atoms with van der Waals surface area (Å²) in [5.74, 6) is -0.193. The van der Waals surface area contributed by atoms with Gasteiger partial charge in [-0.25, -0.2) is 4.79 Å². The van der Waals surface area contributed by atoms with Gasteiger partial charge in [-0.05, 0) is 57.8 Å². The van der Waals surface area contributed by atoms with Crippen molar-refractivity contribution in [3.8, 4) is 11.5 Å². The Labute approximate surface area is 330 Å². The molecular weight excluding hydrogens is 767 g/mol. The topological polar surface area (TPSA) is 80.5 Å². The number of benzene rings is 2. The van der Waals surface area contributed by atoms with Gasteiger partial charge < -0.3 is 14.6 Å². The van der Waals surface area contributed by atoms with E-state index in [0.717, 1.165) is 43.2 Å². The number of carbonyl (C=O) groups excluding carboxylic acids is 1. The van der Waals surface area contributed by atoms with Crippen LogP contribution in [-0.4, -0.2) is 60.9 Å². The lowest BCUT2D eigenvalue weighted by atomic mass is 9.79. The lowest BCUT2D eigenvalue weighted by Gasteiger charge is -2.37. The smallest absolute Gasteiger partial charge is 0.507 e. The third kappa shape index (κ3) is 12.1. The van der Waals surface area contributed by atoms with Gasteiger partial charge in [-0.15, -0.1) is 0 Å². The molecule has 1 aliphatic rings. The van der Waals surface area contributed by atoms with E-state index in [1.807, 2.05) is 26.8 Å². The molecule has 2 aromatic carbocycles. The first kappa shape index (κ1) is 49.4. The summed E-state index contributed by atoms with van der Waals surface area (Å²) in [5, 5.41) is 10.4. The van der Waals surface area contributed by atoms with Crippen LogP contribution in [0.2, 0.25) is 0 Å². The summed E-state index contributed by atoms with van der Waals surface area (Å²) >= 11 is 0. The molecule has 0 saturated heterocycles. The van der Waals surface area contributed by atoms with Crippen LogP contribution in [0.25, 0.3) is 0 Å². The molecule has 0 aliphatic heterocycles. The maximum Gasteiger partial charge on any atom is 0.515 e. The zero-order valence-electron chi connectivity index (χ0n) is 35.0. The normalized spacial score (nSPS) is 15.8. The predicted octanol–water partition coefficient (Wildman–Crippen LogP) is 13.0. The maximum absolute atomic E-state index is 13.3. The average Bonchev–Trinajstić information content (AvgIpc) is 3.01. The van der Waals surface area contributed by atoms with Crippen LogP contribution in [0.5, 0.6) is 11.5 Å². The molecule has 1 fully saturated rings. The fourth-order valence-corrected chi connectivity index (χ4v) is 6.05. The molecule has 0 unspecified atom stereocenters. The van der Waals surface area contributed by atoms with Gasteiger partial charge in [-0.2, -0.15) is 39.5 Å². The van der Waals surface area contributed by atoms with E-state index in [2.05, 4.69) is 62.3 Å². The van der Waals surface area contributed by atoms with Crippen molar-refractivity contribution in [2.45, 2.75) is 167 Å². The van der Waals surface area contributed by atoms with E-state index in [9.17, 15) is 49.4 Å². The molecule has 0 amide bonds. The molecule has 1 aliphatic carbocycles. The highest BCUT2D eigenvalue weighted by atomic mass is 19.4. The summed E-state index contributed by atoms with van der Waals surface area (Å²) in [6, 6.07) is 7.03. The van der Waals surface area contributed by atoms with Gasteiger partial charge in [0.15, 0.2) is 0 Å². The molecule has 6 nitrogen and oxygen atoms in total. The van der Waals surface area contributed by atoms with Crippen molar-refractivity contribution < 1.29 is 58.9 Å². The third-order valence-electron chi connectivity index (χ3n) is 9.49. The zero-order chi connectivity index (χ0) is 44.4. The molecule has 0 aromatic heterocycles. The molecule has 3 rings (SSSR count). The van der Waals surface area contributed by atoms with E-state index in [4.69, 9.17) is 4.74 Å². The van der Waals surface area contributed by atoms with Crippen molar-refractivity contribution >= 4 is 18.6 Å². The van der Waals surface area contributed by atoms with Crippen LogP contribution in [0.1, 0.15) is 149 Å². The van der Waals surface area contributed by atoms with Gasteiger partial charge in [0.25, 0.3) is 0 Å². The number of alkyl halides is 9. The van der Waals surface area contributed by atoms with Crippen molar-refractivity contribution in [1.82, 2.24) is 0 Å². The first-order valence-electron chi connectivity index (χ1n) is 18.6. The Bertz CT molecular complexity index is 1720. The summed E-state index contributed by atoms with van der Waals surface area (Å²) in [5.41, 5.74) is -4.43. The molecule has 0 heterocycles. The van der Waals surface area contributed by atoms with Gasteiger partial charge in [-0.1, -0.05) is 114 Å². The fraction of sp³-hybridized carbons (Fsp3) is 0.643. The van der Waals surface area contributed by atoms with E-state index < -0.39 is 46.9 Å². The van der Waals surface area contributed by atoms with E-state index in [0.29, 0.717) is 11.3 Å². The Morgan fingerprint density at radius 1 is 0.632 bits per heavy atom. The number of rotatable bonds is 5. The number of aromatic hydroxyl groups is 1. The molecule has 57 heavy (non-hydrogen) atoms. The van der Waals surface area contributed by atoms with Crippen molar-refractivity contribution in [1.29, 1.82) is 0 Å². The highest BCUT2D eigenvalue weighted by Crippen LogP contribution is 2.55. The number of phenolic OH excluding ortho intramolecular Hbond substituents is 1. The Balaban J connectivity index is 0.000000519. The monoisotopic (exact) mass is 824 g/mol. The molecule has 0 atom stereocenters. The van der Waals surface area contributed by atoms with Crippen LogP contribution in [-0.2, 0) is 26.4 Å². The molecule has 15 heteroatoms. The molecule has 322 valence electrons. The van der Waals surface area contributed by atoms with Crippen molar-refractivity contribution in [2.24, 2.45) is 9.98 Å². The van der Waals surface area contributed by atoms with Gasteiger partial charge in [-0.3, -0.25) is 9.98 Å². The number of nitrogens with zero attached hydrogens (tertiary/aromatic N) is 2.